The van der Waals surface area contributed by atoms with Crippen molar-refractivity contribution in [2.45, 2.75) is 58.2 Å². The van der Waals surface area contributed by atoms with Gasteiger partial charge in [-0.3, -0.25) is 44.6 Å². The molecule has 31 heteroatoms. The van der Waals surface area contributed by atoms with Gasteiger partial charge in [0.1, 0.15) is 62.7 Å². The molecule has 0 saturated heterocycles. The van der Waals surface area contributed by atoms with E-state index in [0.717, 1.165) is 90.4 Å². The number of primary amides is 4. The molecule has 4 amide bonds. The van der Waals surface area contributed by atoms with Crippen LogP contribution in [0, 0.1) is 60.9 Å². The van der Waals surface area contributed by atoms with Crippen LogP contribution < -0.4 is 55.3 Å². The van der Waals surface area contributed by atoms with Gasteiger partial charge in [0.2, 0.25) is 17.7 Å². The highest BCUT2D eigenvalue weighted by Crippen LogP contribution is 2.33. The van der Waals surface area contributed by atoms with Crippen LogP contribution in [0.1, 0.15) is 55.3 Å². The molecule has 0 aliphatic rings. The molecule has 0 aliphatic heterocycles. The average molecular weight is 1550 g/mol. The lowest BCUT2D eigenvalue weighted by molar-refractivity contribution is -0.176. The Morgan fingerprint density at radius 3 is 1.08 bits per heavy atom. The van der Waals surface area contributed by atoms with E-state index < -0.39 is 59.2 Å². The molecule has 17 N–H and O–H groups in total. The largest absolute Gasteiger partial charge is 0.389 e. The molecule has 0 aliphatic carbocycles. The van der Waals surface area contributed by atoms with Crippen LogP contribution in [0.2, 0.25) is 0 Å². The van der Waals surface area contributed by atoms with E-state index in [-0.39, 0.29) is 52.3 Å². The molecule has 106 heavy (non-hydrogen) atoms. The Labute approximate surface area is 627 Å². The molecule has 24 nitrogen and oxygen atoms in total. The average Bonchev–Trinajstić information content (AvgIpc) is 1.10. The number of anilines is 8. The molecular formula is C75H68BrF3N18O6S3. The zero-order valence-corrected chi connectivity index (χ0v) is 60.7. The van der Waals surface area contributed by atoms with Crippen molar-refractivity contribution in [2.75, 3.05) is 32.3 Å². The first-order chi connectivity index (χ1) is 51.0. The Hall–Kier alpha value is -12.5. The summed E-state index contributed by atoms with van der Waals surface area (Å²) >= 11 is 6.97. The van der Waals surface area contributed by atoms with E-state index in [0.29, 0.717) is 26.6 Å². The second kappa shape index (κ2) is 38.7. The molecule has 3 atom stereocenters. The molecule has 0 radical (unpaired) electrons. The highest BCUT2D eigenvalue weighted by Gasteiger charge is 2.24. The minimum absolute atomic E-state index is 0.0101. The monoisotopic (exact) mass is 1550 g/mol. The van der Waals surface area contributed by atoms with Gasteiger partial charge < -0.3 is 55.3 Å². The number of amides is 4. The Kier molecular flexibility index (Phi) is 28.9. The molecular weight excluding hydrogens is 1480 g/mol. The van der Waals surface area contributed by atoms with Crippen molar-refractivity contribution < 1.29 is 42.9 Å². The number of halogens is 4. The van der Waals surface area contributed by atoms with Gasteiger partial charge in [-0.15, -0.1) is 0 Å². The molecule has 0 bridgehead atoms. The molecule has 6 heterocycles. The van der Waals surface area contributed by atoms with Gasteiger partial charge in [0.15, 0.2) is 0 Å². The summed E-state index contributed by atoms with van der Waals surface area (Å²) < 4.78 is 56.6. The maximum Gasteiger partial charge on any atom is 0.250 e. The van der Waals surface area contributed by atoms with Crippen LogP contribution in [0.3, 0.4) is 0 Å². The SMILES string of the molecule is Cc1cc(N)sn1.Cc1cc(Nc2cc(N[C@H](Cc3ccc(-c4ccncc4)cc3)C(N)=O)c(F)cc2C#N)sn1.Cc1cc(Nc2cc(N[C@H](Cc3ccc(-c4ccncc4)cc3)C(N)=O)c(F)cc2C(N)=O)sn1.N#Cc1cc(F)c(N[C@H](Cc2ccc(-c3ccncc3)cc2)C(N)=O)cc1Br.OO. The lowest BCUT2D eigenvalue weighted by atomic mass is 10.0. The van der Waals surface area contributed by atoms with Crippen molar-refractivity contribution in [3.05, 3.63) is 273 Å². The van der Waals surface area contributed by atoms with Crippen molar-refractivity contribution in [3.8, 4) is 45.5 Å². The number of nitrogens with one attached hydrogen (secondary N) is 5. The minimum Gasteiger partial charge on any atom is -0.389 e. The van der Waals surface area contributed by atoms with Crippen LogP contribution in [0.5, 0.6) is 0 Å². The number of pyridine rings is 3. The van der Waals surface area contributed by atoms with Crippen LogP contribution in [0.4, 0.5) is 56.6 Å². The van der Waals surface area contributed by atoms with Crippen LogP contribution in [0.15, 0.2) is 205 Å². The van der Waals surface area contributed by atoms with Gasteiger partial charge in [-0.05, 0) is 212 Å². The summed E-state index contributed by atoms with van der Waals surface area (Å²) in [7, 11) is 0. The van der Waals surface area contributed by atoms with Gasteiger partial charge in [0.25, 0.3) is 5.91 Å². The molecule has 6 aromatic carbocycles. The fourth-order valence-corrected chi connectivity index (χ4v) is 12.5. The third-order valence-electron chi connectivity index (χ3n) is 15.4. The lowest BCUT2D eigenvalue weighted by Gasteiger charge is -2.19. The van der Waals surface area contributed by atoms with Crippen molar-refractivity contribution >= 4 is 118 Å². The summed E-state index contributed by atoms with van der Waals surface area (Å²) in [5, 5.41) is 47.3. The molecule has 540 valence electrons. The second-order valence-corrected chi connectivity index (χ2v) is 26.5. The Balaban J connectivity index is 0.000000190. The first kappa shape index (κ1) is 79.2. The van der Waals surface area contributed by atoms with Crippen LogP contribution in [-0.4, -0.2) is 80.3 Å². The summed E-state index contributed by atoms with van der Waals surface area (Å²) in [4.78, 5) is 60.2. The van der Waals surface area contributed by atoms with Gasteiger partial charge in [-0.2, -0.15) is 23.6 Å². The number of carbonyl (C=O) groups is 4. The molecule has 0 unspecified atom stereocenters. The Morgan fingerprint density at radius 2 is 0.764 bits per heavy atom. The third-order valence-corrected chi connectivity index (χ3v) is 18.4. The van der Waals surface area contributed by atoms with E-state index in [9.17, 15) is 37.6 Å². The number of benzene rings is 6. The van der Waals surface area contributed by atoms with Crippen molar-refractivity contribution in [1.82, 2.24) is 28.1 Å². The summed E-state index contributed by atoms with van der Waals surface area (Å²) in [5.41, 5.74) is 40.0. The van der Waals surface area contributed by atoms with Crippen molar-refractivity contribution in [1.29, 1.82) is 10.5 Å². The zero-order chi connectivity index (χ0) is 76.4. The van der Waals surface area contributed by atoms with Crippen LogP contribution in [-0.2, 0) is 33.6 Å². The molecule has 0 spiro atoms. The van der Waals surface area contributed by atoms with E-state index in [2.05, 4.69) is 70.6 Å². The highest BCUT2D eigenvalue weighted by atomic mass is 79.9. The van der Waals surface area contributed by atoms with E-state index in [4.69, 9.17) is 44.4 Å². The standard InChI is InChI=1S/C25H23FN6O2S.C25H21FN6OS.C21H16BrFN4O.C4H6N2S.H2O2/c1-14-10-23(35-32-14)31-20-13-21(19(26)12-18(20)24(27)33)30-22(25(28)34)11-15-2-4-16(5-3-15)17-6-8-29-9-7-17;1-15-10-24(34-32-15)31-21-13-22(20(26)12-19(21)14-27)30-23(25(28)33)11-16-2-4-17(5-3-16)18-6-8-29-9-7-18;22-17-11-19(18(23)10-16(17)12-24)27-20(21(25)28)9-13-1-3-14(4-2-13)15-5-7-26-8-6-15;1-3-2-4(5)7-6-3;1-2/h2-10,12-13,22,30-31H,11H2,1H3,(H2,27,33)(H2,28,34);2-10,12-13,23,30-31H,11H2,1H3,(H2,28,33);1-8,10-11,20,27H,9H2,(H2,25,28);2H,5H2,1H3;1-2H/t22-;23-;20-;;/m111../s1. The normalized spacial score (nSPS) is 11.2. The van der Waals surface area contributed by atoms with E-state index in [1.54, 1.807) is 43.2 Å². The first-order valence-corrected chi connectivity index (χ1v) is 34.8. The van der Waals surface area contributed by atoms with Gasteiger partial charge in [-0.25, -0.2) is 13.2 Å². The third kappa shape index (κ3) is 23.0. The summed E-state index contributed by atoms with van der Waals surface area (Å²) in [5.74, 6) is -4.66. The number of aromatic nitrogens is 6. The molecule has 12 aromatic rings. The topological polar surface area (TPSA) is 424 Å². The van der Waals surface area contributed by atoms with Gasteiger partial charge >= 0.3 is 0 Å². The number of hydrogen-bond acceptors (Lipinski definition) is 23. The Morgan fingerprint density at radius 1 is 0.443 bits per heavy atom. The van der Waals surface area contributed by atoms with Gasteiger partial charge in [-0.1, -0.05) is 72.8 Å². The van der Waals surface area contributed by atoms with Gasteiger partial charge in [0.05, 0.1) is 62.2 Å². The number of nitrogens with zero attached hydrogens (tertiary/aromatic N) is 8. The zero-order valence-electron chi connectivity index (χ0n) is 56.6. The molecule has 6 aromatic heterocycles. The smallest absolute Gasteiger partial charge is 0.250 e. The van der Waals surface area contributed by atoms with Crippen LogP contribution >= 0.6 is 50.5 Å². The fourth-order valence-electron chi connectivity index (χ4n) is 10.2. The number of rotatable bonds is 23. The molecule has 12 rings (SSSR count). The number of nitrogen functional groups attached to an aromatic ring is 1. The van der Waals surface area contributed by atoms with E-state index in [1.165, 1.54) is 52.8 Å². The number of aryl methyl sites for hydroxylation is 3. The molecule has 0 saturated carbocycles. The van der Waals surface area contributed by atoms with Crippen molar-refractivity contribution in [2.24, 2.45) is 22.9 Å². The number of carbonyl (C=O) groups excluding carboxylic acids is 4. The maximum atomic E-state index is 14.9. The lowest BCUT2D eigenvalue weighted by Crippen LogP contribution is -2.37. The number of nitrogens with two attached hydrogens (primary N) is 5. The second-order valence-electron chi connectivity index (χ2n) is 23.1. The van der Waals surface area contributed by atoms with Crippen molar-refractivity contribution in [3.63, 3.8) is 0 Å². The van der Waals surface area contributed by atoms with E-state index >= 15 is 0 Å². The predicted octanol–water partition coefficient (Wildman–Crippen LogP) is 13.9. The highest BCUT2D eigenvalue weighted by molar-refractivity contribution is 9.10. The summed E-state index contributed by atoms with van der Waals surface area (Å²) in [6.07, 6.45) is 11.1. The summed E-state index contributed by atoms with van der Waals surface area (Å²) in [6, 6.07) is 48.8. The Bertz CT molecular complexity index is 5040. The molecule has 0 fully saturated rings. The number of nitriles is 2. The number of hydrogen-bond donors (Lipinski definition) is 12. The van der Waals surface area contributed by atoms with Crippen LogP contribution in [0.25, 0.3) is 33.4 Å². The minimum atomic E-state index is -0.894. The predicted molar refractivity (Wildman–Crippen MR) is 412 cm³/mol. The quantitative estimate of drug-likeness (QED) is 0.0209. The van der Waals surface area contributed by atoms with Gasteiger partial charge in [0, 0.05) is 60.9 Å². The fraction of sp³-hybridized carbons (Fsp3) is 0.120. The maximum absolute atomic E-state index is 14.9. The summed E-state index contributed by atoms with van der Waals surface area (Å²) in [6.45, 7) is 5.60. The van der Waals surface area contributed by atoms with E-state index in [1.807, 2.05) is 154 Å². The first-order valence-electron chi connectivity index (χ1n) is 31.7.